The van der Waals surface area contributed by atoms with Crippen LogP contribution >= 0.6 is 0 Å². The fraction of sp³-hybridized carbons (Fsp3) is 0.286. The zero-order valence-corrected chi connectivity index (χ0v) is 11.1. The molecule has 1 N–H and O–H groups in total. The first-order valence-corrected chi connectivity index (χ1v) is 6.19. The van der Waals surface area contributed by atoms with Crippen molar-refractivity contribution in [2.45, 2.75) is 20.3 Å². The van der Waals surface area contributed by atoms with Gasteiger partial charge in [0.2, 0.25) is 0 Å². The van der Waals surface area contributed by atoms with Gasteiger partial charge < -0.3 is 5.32 Å². The van der Waals surface area contributed by atoms with Gasteiger partial charge in [-0.25, -0.2) is 23.1 Å². The second-order valence-electron chi connectivity index (χ2n) is 4.25. The third-order valence-electron chi connectivity index (χ3n) is 2.76. The van der Waals surface area contributed by atoms with Crippen molar-refractivity contribution in [2.24, 2.45) is 0 Å². The molecule has 0 saturated heterocycles. The van der Waals surface area contributed by atoms with Crippen molar-refractivity contribution in [1.29, 1.82) is 0 Å². The Labute approximate surface area is 114 Å². The average Bonchev–Trinajstić information content (AvgIpc) is 2.44. The predicted octanol–water partition coefficient (Wildman–Crippen LogP) is 3.96. The van der Waals surface area contributed by atoms with Crippen LogP contribution in [-0.2, 0) is 0 Å². The number of nitrogens with one attached hydrogen (secondary N) is 1. The highest BCUT2D eigenvalue weighted by Gasteiger charge is 2.14. The highest BCUT2D eigenvalue weighted by molar-refractivity contribution is 5.59. The van der Waals surface area contributed by atoms with Crippen molar-refractivity contribution >= 4 is 5.82 Å². The van der Waals surface area contributed by atoms with E-state index >= 15 is 0 Å². The van der Waals surface area contributed by atoms with Gasteiger partial charge in [0.25, 0.3) is 6.43 Å². The minimum absolute atomic E-state index is 0.0810. The maximum Gasteiger partial charge on any atom is 0.263 e. The molecule has 1 aromatic heterocycles. The van der Waals surface area contributed by atoms with Crippen LogP contribution in [0.25, 0.3) is 11.4 Å². The standard InChI is InChI=1S/C14H14F3N3/c1-3-18-14-11(15)8(2)19-13(20-14)10-6-4-5-9(7-10)12(16)17/h4-7,12H,3H2,1-2H3,(H,18,19,20). The van der Waals surface area contributed by atoms with E-state index < -0.39 is 12.2 Å². The minimum Gasteiger partial charge on any atom is -0.368 e. The Kier molecular flexibility index (Phi) is 4.22. The van der Waals surface area contributed by atoms with Crippen LogP contribution in [0.4, 0.5) is 19.0 Å². The Hall–Kier alpha value is -2.11. The SMILES string of the molecule is CCNc1nc(-c2cccc(C(F)F)c2)nc(C)c1F. The maximum absolute atomic E-state index is 13.8. The van der Waals surface area contributed by atoms with Crippen molar-refractivity contribution in [3.05, 3.63) is 41.3 Å². The van der Waals surface area contributed by atoms with Crippen LogP contribution in [0.3, 0.4) is 0 Å². The van der Waals surface area contributed by atoms with E-state index in [0.717, 1.165) is 0 Å². The molecule has 0 atom stereocenters. The Balaban J connectivity index is 2.49. The van der Waals surface area contributed by atoms with E-state index in [-0.39, 0.29) is 22.9 Å². The molecule has 0 aliphatic carbocycles. The van der Waals surface area contributed by atoms with E-state index in [2.05, 4.69) is 15.3 Å². The van der Waals surface area contributed by atoms with E-state index in [1.165, 1.54) is 25.1 Å². The molecule has 6 heteroatoms. The van der Waals surface area contributed by atoms with Gasteiger partial charge in [0, 0.05) is 17.7 Å². The van der Waals surface area contributed by atoms with Crippen LogP contribution in [0.2, 0.25) is 0 Å². The monoisotopic (exact) mass is 281 g/mol. The summed E-state index contributed by atoms with van der Waals surface area (Å²) < 4.78 is 39.2. The molecule has 3 nitrogen and oxygen atoms in total. The van der Waals surface area contributed by atoms with Gasteiger partial charge in [-0.05, 0) is 19.9 Å². The lowest BCUT2D eigenvalue weighted by atomic mass is 10.1. The normalized spacial score (nSPS) is 10.9. The Morgan fingerprint density at radius 1 is 1.25 bits per heavy atom. The molecule has 0 fully saturated rings. The number of hydrogen-bond donors (Lipinski definition) is 1. The summed E-state index contributed by atoms with van der Waals surface area (Å²) in [6.07, 6.45) is -2.57. The van der Waals surface area contributed by atoms with Crippen LogP contribution in [0.5, 0.6) is 0 Å². The molecule has 0 spiro atoms. The summed E-state index contributed by atoms with van der Waals surface area (Å²) in [7, 11) is 0. The summed E-state index contributed by atoms with van der Waals surface area (Å²) in [5.41, 5.74) is 0.497. The van der Waals surface area contributed by atoms with Crippen molar-refractivity contribution < 1.29 is 13.2 Å². The van der Waals surface area contributed by atoms with E-state index in [1.807, 2.05) is 6.92 Å². The molecular weight excluding hydrogens is 267 g/mol. The highest BCUT2D eigenvalue weighted by atomic mass is 19.3. The fourth-order valence-corrected chi connectivity index (χ4v) is 1.79. The average molecular weight is 281 g/mol. The Morgan fingerprint density at radius 3 is 2.65 bits per heavy atom. The van der Waals surface area contributed by atoms with Gasteiger partial charge in [0.05, 0.1) is 5.69 Å². The lowest BCUT2D eigenvalue weighted by Gasteiger charge is -2.09. The lowest BCUT2D eigenvalue weighted by Crippen LogP contribution is -2.07. The molecule has 2 aromatic rings. The molecule has 0 aliphatic rings. The first-order valence-electron chi connectivity index (χ1n) is 6.19. The topological polar surface area (TPSA) is 37.8 Å². The number of halogens is 3. The van der Waals surface area contributed by atoms with E-state index in [0.29, 0.717) is 12.1 Å². The summed E-state index contributed by atoms with van der Waals surface area (Å²) in [6.45, 7) is 3.83. The summed E-state index contributed by atoms with van der Waals surface area (Å²) in [5, 5.41) is 2.79. The van der Waals surface area contributed by atoms with Crippen LogP contribution in [0.1, 0.15) is 24.6 Å². The quantitative estimate of drug-likeness (QED) is 0.921. The molecule has 1 heterocycles. The number of nitrogens with zero attached hydrogens (tertiary/aromatic N) is 2. The minimum atomic E-state index is -2.57. The van der Waals surface area contributed by atoms with E-state index in [9.17, 15) is 13.2 Å². The highest BCUT2D eigenvalue weighted by Crippen LogP contribution is 2.25. The van der Waals surface area contributed by atoms with Gasteiger partial charge in [-0.1, -0.05) is 18.2 Å². The number of hydrogen-bond acceptors (Lipinski definition) is 3. The van der Waals surface area contributed by atoms with E-state index in [1.54, 1.807) is 6.07 Å². The molecule has 0 aliphatic heterocycles. The second kappa shape index (κ2) is 5.90. The third-order valence-corrected chi connectivity index (χ3v) is 2.76. The van der Waals surface area contributed by atoms with Gasteiger partial charge in [-0.15, -0.1) is 0 Å². The van der Waals surface area contributed by atoms with Gasteiger partial charge >= 0.3 is 0 Å². The third kappa shape index (κ3) is 2.89. The van der Waals surface area contributed by atoms with Crippen LogP contribution in [-0.4, -0.2) is 16.5 Å². The number of aromatic nitrogens is 2. The summed E-state index contributed by atoms with van der Waals surface area (Å²) >= 11 is 0. The molecule has 0 amide bonds. The number of benzene rings is 1. The lowest BCUT2D eigenvalue weighted by molar-refractivity contribution is 0.151. The number of aryl methyl sites for hydroxylation is 1. The summed E-state index contributed by atoms with van der Waals surface area (Å²) in [5.74, 6) is -0.222. The van der Waals surface area contributed by atoms with Crippen molar-refractivity contribution in [3.63, 3.8) is 0 Å². The molecule has 0 saturated carbocycles. The molecular formula is C14H14F3N3. The zero-order chi connectivity index (χ0) is 14.7. The summed E-state index contributed by atoms with van der Waals surface area (Å²) in [4.78, 5) is 8.07. The first-order chi connectivity index (χ1) is 9.52. The summed E-state index contributed by atoms with van der Waals surface area (Å²) in [6, 6.07) is 5.77. The van der Waals surface area contributed by atoms with Crippen molar-refractivity contribution in [3.8, 4) is 11.4 Å². The number of anilines is 1. The molecule has 1 aromatic carbocycles. The molecule has 0 unspecified atom stereocenters. The molecule has 20 heavy (non-hydrogen) atoms. The van der Waals surface area contributed by atoms with Crippen LogP contribution in [0, 0.1) is 12.7 Å². The second-order valence-corrected chi connectivity index (χ2v) is 4.25. The largest absolute Gasteiger partial charge is 0.368 e. The Bertz CT molecular complexity index is 615. The van der Waals surface area contributed by atoms with E-state index in [4.69, 9.17) is 0 Å². The predicted molar refractivity (Wildman–Crippen MR) is 71.3 cm³/mol. The van der Waals surface area contributed by atoms with Gasteiger partial charge in [-0.2, -0.15) is 0 Å². The van der Waals surface area contributed by atoms with Gasteiger partial charge in [-0.3, -0.25) is 0 Å². The van der Waals surface area contributed by atoms with Crippen molar-refractivity contribution in [1.82, 2.24) is 9.97 Å². The van der Waals surface area contributed by atoms with Crippen LogP contribution in [0.15, 0.2) is 24.3 Å². The van der Waals surface area contributed by atoms with Crippen molar-refractivity contribution in [2.75, 3.05) is 11.9 Å². The smallest absolute Gasteiger partial charge is 0.263 e. The van der Waals surface area contributed by atoms with Crippen LogP contribution < -0.4 is 5.32 Å². The fourth-order valence-electron chi connectivity index (χ4n) is 1.79. The number of alkyl halides is 2. The zero-order valence-electron chi connectivity index (χ0n) is 11.1. The molecule has 0 bridgehead atoms. The molecule has 0 radical (unpaired) electrons. The van der Waals surface area contributed by atoms with Gasteiger partial charge in [0.15, 0.2) is 17.5 Å². The number of rotatable bonds is 4. The van der Waals surface area contributed by atoms with Gasteiger partial charge in [0.1, 0.15) is 0 Å². The first kappa shape index (κ1) is 14.3. The maximum atomic E-state index is 13.8. The molecule has 2 rings (SSSR count). The molecule has 106 valence electrons. The Morgan fingerprint density at radius 2 is 2.00 bits per heavy atom.